The van der Waals surface area contributed by atoms with Gasteiger partial charge in [0.05, 0.1) is 9.83 Å². The maximum atomic E-state index is 3.59. The van der Waals surface area contributed by atoms with E-state index in [1.165, 1.54) is 25.4 Å². The summed E-state index contributed by atoms with van der Waals surface area (Å²) in [7, 11) is 2.01. The fraction of sp³-hybridized carbons (Fsp3) is 0.286. The zero-order valence-electron chi connectivity index (χ0n) is 10.3. The Bertz CT molecular complexity index is 482. The molecule has 0 bridgehead atoms. The Morgan fingerprint density at radius 2 is 1.82 bits per heavy atom. The van der Waals surface area contributed by atoms with Crippen molar-refractivity contribution in [2.75, 3.05) is 7.05 Å². The predicted molar refractivity (Wildman–Crippen MR) is 78.8 cm³/mol. The van der Waals surface area contributed by atoms with Gasteiger partial charge in [0, 0.05) is 4.88 Å². The molecule has 1 unspecified atom stereocenters. The van der Waals surface area contributed by atoms with Crippen molar-refractivity contribution in [1.82, 2.24) is 5.32 Å². The van der Waals surface area contributed by atoms with E-state index < -0.39 is 0 Å². The molecule has 0 spiro atoms. The summed E-state index contributed by atoms with van der Waals surface area (Å²) in [4.78, 5) is 1.35. The van der Waals surface area contributed by atoms with Gasteiger partial charge in [0.25, 0.3) is 0 Å². The van der Waals surface area contributed by atoms with Crippen molar-refractivity contribution in [3.05, 3.63) is 55.7 Å². The molecule has 1 heterocycles. The van der Waals surface area contributed by atoms with Crippen LogP contribution in [0.2, 0.25) is 0 Å². The minimum absolute atomic E-state index is 0.283. The molecule has 17 heavy (non-hydrogen) atoms. The van der Waals surface area contributed by atoms with Gasteiger partial charge in [-0.2, -0.15) is 0 Å². The number of nitrogens with one attached hydrogen (secondary N) is 1. The van der Waals surface area contributed by atoms with Crippen LogP contribution < -0.4 is 5.32 Å². The molecule has 1 nitrogen and oxygen atoms in total. The van der Waals surface area contributed by atoms with Crippen LogP contribution in [0.3, 0.4) is 0 Å². The van der Waals surface area contributed by atoms with Crippen LogP contribution in [0.15, 0.2) is 34.1 Å². The first kappa shape index (κ1) is 12.8. The Hall–Kier alpha value is -0.640. The molecule has 0 aliphatic rings. The Labute approximate surface area is 115 Å². The van der Waals surface area contributed by atoms with E-state index in [0.717, 1.165) is 0 Å². The molecule has 0 saturated heterocycles. The van der Waals surface area contributed by atoms with Gasteiger partial charge >= 0.3 is 0 Å². The van der Waals surface area contributed by atoms with E-state index in [9.17, 15) is 0 Å². The number of halogens is 1. The van der Waals surface area contributed by atoms with Crippen molar-refractivity contribution < 1.29 is 0 Å². The summed E-state index contributed by atoms with van der Waals surface area (Å²) in [6.07, 6.45) is 0. The lowest BCUT2D eigenvalue weighted by molar-refractivity contribution is 0.703. The maximum Gasteiger partial charge on any atom is 0.0731 e. The fourth-order valence-electron chi connectivity index (χ4n) is 1.86. The van der Waals surface area contributed by atoms with Crippen molar-refractivity contribution in [1.29, 1.82) is 0 Å². The van der Waals surface area contributed by atoms with Gasteiger partial charge < -0.3 is 5.32 Å². The molecular formula is C14H16BrNS. The van der Waals surface area contributed by atoms with Crippen molar-refractivity contribution in [2.24, 2.45) is 0 Å². The molecule has 0 amide bonds. The van der Waals surface area contributed by atoms with Crippen LogP contribution in [-0.4, -0.2) is 7.05 Å². The minimum atomic E-state index is 0.283. The molecule has 3 heteroatoms. The largest absolute Gasteiger partial charge is 0.309 e. The van der Waals surface area contributed by atoms with Gasteiger partial charge in [-0.1, -0.05) is 29.8 Å². The first-order chi connectivity index (χ1) is 8.11. The Morgan fingerprint density at radius 1 is 1.18 bits per heavy atom. The molecule has 90 valence electrons. The summed E-state index contributed by atoms with van der Waals surface area (Å²) >= 11 is 5.39. The SMILES string of the molecule is CNC(c1ccc(C)cc1)c1cc(C)c(Br)s1. The van der Waals surface area contributed by atoms with E-state index in [4.69, 9.17) is 0 Å². The molecular weight excluding hydrogens is 294 g/mol. The lowest BCUT2D eigenvalue weighted by Crippen LogP contribution is -2.16. The van der Waals surface area contributed by atoms with E-state index in [2.05, 4.69) is 65.4 Å². The zero-order valence-corrected chi connectivity index (χ0v) is 12.7. The average Bonchev–Trinajstić information content (AvgIpc) is 2.63. The number of hydrogen-bond acceptors (Lipinski definition) is 2. The highest BCUT2D eigenvalue weighted by atomic mass is 79.9. The van der Waals surface area contributed by atoms with Crippen LogP contribution in [-0.2, 0) is 0 Å². The third kappa shape index (κ3) is 2.79. The molecule has 0 aliphatic heterocycles. The summed E-state index contributed by atoms with van der Waals surface area (Å²) in [5, 5.41) is 3.38. The second-order valence-corrected chi connectivity index (χ2v) is 6.64. The van der Waals surface area contributed by atoms with E-state index in [1.54, 1.807) is 11.3 Å². The van der Waals surface area contributed by atoms with Crippen molar-refractivity contribution in [3.8, 4) is 0 Å². The zero-order chi connectivity index (χ0) is 12.4. The lowest BCUT2D eigenvalue weighted by Gasteiger charge is -2.15. The molecule has 1 aromatic carbocycles. The topological polar surface area (TPSA) is 12.0 Å². The van der Waals surface area contributed by atoms with Gasteiger partial charge in [0.2, 0.25) is 0 Å². The molecule has 1 aromatic heterocycles. The summed E-state index contributed by atoms with van der Waals surface area (Å²) in [6.45, 7) is 4.25. The van der Waals surface area contributed by atoms with Gasteiger partial charge in [-0.05, 0) is 54.0 Å². The van der Waals surface area contributed by atoms with Crippen molar-refractivity contribution in [3.63, 3.8) is 0 Å². The molecule has 0 saturated carbocycles. The summed E-state index contributed by atoms with van der Waals surface area (Å²) < 4.78 is 1.22. The van der Waals surface area contributed by atoms with E-state index in [0.29, 0.717) is 0 Å². The van der Waals surface area contributed by atoms with E-state index in [1.807, 2.05) is 7.05 Å². The van der Waals surface area contributed by atoms with Crippen LogP contribution in [0.25, 0.3) is 0 Å². The maximum absolute atomic E-state index is 3.59. The van der Waals surface area contributed by atoms with Crippen LogP contribution in [0.5, 0.6) is 0 Å². The highest BCUT2D eigenvalue weighted by molar-refractivity contribution is 9.11. The number of benzene rings is 1. The predicted octanol–water partition coefficient (Wildman–Crippen LogP) is 4.44. The van der Waals surface area contributed by atoms with Crippen LogP contribution in [0, 0.1) is 13.8 Å². The third-order valence-electron chi connectivity index (χ3n) is 2.86. The molecule has 2 rings (SSSR count). The van der Waals surface area contributed by atoms with E-state index >= 15 is 0 Å². The minimum Gasteiger partial charge on any atom is -0.309 e. The Morgan fingerprint density at radius 3 is 2.29 bits per heavy atom. The molecule has 1 atom stereocenters. The van der Waals surface area contributed by atoms with Gasteiger partial charge in [-0.25, -0.2) is 0 Å². The molecule has 1 N–H and O–H groups in total. The van der Waals surface area contributed by atoms with E-state index in [-0.39, 0.29) is 6.04 Å². The number of rotatable bonds is 3. The van der Waals surface area contributed by atoms with Gasteiger partial charge in [-0.3, -0.25) is 0 Å². The molecule has 0 aliphatic carbocycles. The monoisotopic (exact) mass is 309 g/mol. The van der Waals surface area contributed by atoms with Crippen LogP contribution >= 0.6 is 27.3 Å². The quantitative estimate of drug-likeness (QED) is 0.884. The summed E-state index contributed by atoms with van der Waals surface area (Å²) in [6, 6.07) is 11.2. The summed E-state index contributed by atoms with van der Waals surface area (Å²) in [5.74, 6) is 0. The number of thiophene rings is 1. The second kappa shape index (κ2) is 5.34. The highest BCUT2D eigenvalue weighted by Crippen LogP contribution is 2.34. The number of hydrogen-bond donors (Lipinski definition) is 1. The second-order valence-electron chi connectivity index (χ2n) is 4.24. The van der Waals surface area contributed by atoms with Gasteiger partial charge in [0.15, 0.2) is 0 Å². The number of aryl methyl sites for hydroxylation is 2. The molecule has 0 radical (unpaired) electrons. The fourth-order valence-corrected chi connectivity index (χ4v) is 3.57. The van der Waals surface area contributed by atoms with Crippen molar-refractivity contribution >= 4 is 27.3 Å². The molecule has 2 aromatic rings. The molecule has 0 fully saturated rings. The summed E-state index contributed by atoms with van der Waals surface area (Å²) in [5.41, 5.74) is 3.91. The average molecular weight is 310 g/mol. The third-order valence-corrected chi connectivity index (χ3v) is 5.06. The Balaban J connectivity index is 2.36. The van der Waals surface area contributed by atoms with Gasteiger partial charge in [-0.15, -0.1) is 11.3 Å². The highest BCUT2D eigenvalue weighted by Gasteiger charge is 2.15. The smallest absolute Gasteiger partial charge is 0.0731 e. The normalized spacial score (nSPS) is 12.7. The van der Waals surface area contributed by atoms with Crippen molar-refractivity contribution in [2.45, 2.75) is 19.9 Å². The lowest BCUT2D eigenvalue weighted by atomic mass is 10.0. The van der Waals surface area contributed by atoms with Crippen LogP contribution in [0.4, 0.5) is 0 Å². The Kier molecular flexibility index (Phi) is 4.02. The van der Waals surface area contributed by atoms with Gasteiger partial charge in [0.1, 0.15) is 0 Å². The standard InChI is InChI=1S/C14H16BrNS/c1-9-4-6-11(7-5-9)13(16-3)12-8-10(2)14(15)17-12/h4-8,13,16H,1-3H3. The first-order valence-electron chi connectivity index (χ1n) is 5.61. The van der Waals surface area contributed by atoms with Crippen LogP contribution in [0.1, 0.15) is 27.6 Å². The first-order valence-corrected chi connectivity index (χ1v) is 7.22.